The van der Waals surface area contributed by atoms with Gasteiger partial charge in [0.2, 0.25) is 0 Å². The molecule has 0 aromatic rings. The highest BCUT2D eigenvalue weighted by molar-refractivity contribution is 5.66. The maximum Gasteiger partial charge on any atom is 0.303 e. The third-order valence-corrected chi connectivity index (χ3v) is 2.49. The van der Waals surface area contributed by atoms with Gasteiger partial charge < -0.3 is 9.47 Å². The highest BCUT2D eigenvalue weighted by Crippen LogP contribution is 2.26. The second kappa shape index (κ2) is 6.99. The van der Waals surface area contributed by atoms with Crippen molar-refractivity contribution in [1.82, 2.24) is 0 Å². The molecular formula is C14H22O4. The van der Waals surface area contributed by atoms with Crippen LogP contribution in [0.3, 0.4) is 0 Å². The molecule has 0 radical (unpaired) electrons. The Bertz CT molecular complexity index is 353. The lowest BCUT2D eigenvalue weighted by atomic mass is 9.85. The molecule has 0 aliphatic rings. The van der Waals surface area contributed by atoms with Crippen LogP contribution in [0.4, 0.5) is 0 Å². The molecular weight excluding hydrogens is 232 g/mol. The van der Waals surface area contributed by atoms with Gasteiger partial charge in [0.05, 0.1) is 0 Å². The summed E-state index contributed by atoms with van der Waals surface area (Å²) in [6.07, 6.45) is 3.09. The quantitative estimate of drug-likeness (QED) is 0.540. The molecule has 0 saturated carbocycles. The first kappa shape index (κ1) is 16.4. The van der Waals surface area contributed by atoms with E-state index in [-0.39, 0.29) is 24.0 Å². The molecule has 18 heavy (non-hydrogen) atoms. The molecule has 4 heteroatoms. The molecule has 0 aromatic carbocycles. The monoisotopic (exact) mass is 254 g/mol. The van der Waals surface area contributed by atoms with Crippen molar-refractivity contribution in [3.8, 4) is 0 Å². The van der Waals surface area contributed by atoms with Gasteiger partial charge in [0.1, 0.15) is 12.7 Å². The molecule has 0 spiro atoms. The summed E-state index contributed by atoms with van der Waals surface area (Å²) in [5.74, 6) is -0.693. The normalized spacial score (nSPS) is 13.7. The minimum Gasteiger partial charge on any atom is -0.461 e. The Morgan fingerprint density at radius 1 is 1.22 bits per heavy atom. The summed E-state index contributed by atoms with van der Waals surface area (Å²) >= 11 is 0. The number of esters is 2. The van der Waals surface area contributed by atoms with Crippen LogP contribution in [0.15, 0.2) is 24.3 Å². The van der Waals surface area contributed by atoms with Crippen LogP contribution in [0, 0.1) is 5.41 Å². The molecule has 1 atom stereocenters. The number of carbonyl (C=O) groups excluding carboxylic acids is 2. The van der Waals surface area contributed by atoms with E-state index in [0.29, 0.717) is 0 Å². The van der Waals surface area contributed by atoms with Gasteiger partial charge in [-0.3, -0.25) is 9.59 Å². The van der Waals surface area contributed by atoms with E-state index in [1.54, 1.807) is 12.2 Å². The van der Waals surface area contributed by atoms with Gasteiger partial charge in [-0.2, -0.15) is 0 Å². The lowest BCUT2D eigenvalue weighted by molar-refractivity contribution is -0.148. The fraction of sp³-hybridized carbons (Fsp3) is 0.571. The zero-order chi connectivity index (χ0) is 14.3. The first-order chi connectivity index (χ1) is 8.19. The van der Waals surface area contributed by atoms with E-state index >= 15 is 0 Å². The highest BCUT2D eigenvalue weighted by atomic mass is 16.5. The van der Waals surface area contributed by atoms with Crippen molar-refractivity contribution >= 4 is 11.9 Å². The van der Waals surface area contributed by atoms with Crippen LogP contribution in [0.1, 0.15) is 34.6 Å². The molecule has 0 N–H and O–H groups in total. The van der Waals surface area contributed by atoms with E-state index in [2.05, 4.69) is 6.58 Å². The average Bonchev–Trinajstić information content (AvgIpc) is 2.24. The maximum absolute atomic E-state index is 11.1. The van der Waals surface area contributed by atoms with Crippen LogP contribution in [0.5, 0.6) is 0 Å². The average molecular weight is 254 g/mol. The number of hydrogen-bond donors (Lipinski definition) is 0. The Balaban J connectivity index is 4.87. The van der Waals surface area contributed by atoms with Gasteiger partial charge in [0.15, 0.2) is 0 Å². The van der Waals surface area contributed by atoms with Crippen LogP contribution in [-0.2, 0) is 19.1 Å². The number of rotatable bonds is 6. The Morgan fingerprint density at radius 3 is 2.17 bits per heavy atom. The molecule has 0 rings (SSSR count). The molecule has 0 saturated heterocycles. The van der Waals surface area contributed by atoms with Gasteiger partial charge in [0.25, 0.3) is 0 Å². The first-order valence-electron chi connectivity index (χ1n) is 5.80. The summed E-state index contributed by atoms with van der Waals surface area (Å²) in [6, 6.07) is 0. The van der Waals surface area contributed by atoms with Crippen molar-refractivity contribution in [3.05, 3.63) is 24.3 Å². The van der Waals surface area contributed by atoms with Crippen molar-refractivity contribution in [2.24, 2.45) is 5.41 Å². The van der Waals surface area contributed by atoms with Gasteiger partial charge in [-0.15, -0.1) is 6.58 Å². The van der Waals surface area contributed by atoms with E-state index in [4.69, 9.17) is 9.47 Å². The number of carbonyl (C=O) groups is 2. The zero-order valence-electron chi connectivity index (χ0n) is 11.8. The largest absolute Gasteiger partial charge is 0.461 e. The van der Waals surface area contributed by atoms with E-state index in [1.165, 1.54) is 13.8 Å². The Hall–Kier alpha value is -1.58. The Morgan fingerprint density at radius 2 is 1.78 bits per heavy atom. The maximum atomic E-state index is 11.1. The first-order valence-corrected chi connectivity index (χ1v) is 5.80. The summed E-state index contributed by atoms with van der Waals surface area (Å²) in [5.41, 5.74) is 0.440. The predicted molar refractivity (Wildman–Crippen MR) is 69.9 cm³/mol. The molecule has 4 nitrogen and oxygen atoms in total. The third kappa shape index (κ3) is 6.23. The molecule has 0 amide bonds. The van der Waals surface area contributed by atoms with E-state index < -0.39 is 6.10 Å². The Kier molecular flexibility index (Phi) is 6.37. The molecule has 0 unspecified atom stereocenters. The zero-order valence-corrected chi connectivity index (χ0v) is 11.8. The topological polar surface area (TPSA) is 52.6 Å². The van der Waals surface area contributed by atoms with Crippen LogP contribution >= 0.6 is 0 Å². The fourth-order valence-electron chi connectivity index (χ4n) is 1.22. The van der Waals surface area contributed by atoms with Crippen molar-refractivity contribution in [1.29, 1.82) is 0 Å². The van der Waals surface area contributed by atoms with Crippen LogP contribution in [0.2, 0.25) is 0 Å². The van der Waals surface area contributed by atoms with E-state index in [9.17, 15) is 9.59 Å². The predicted octanol–water partition coefficient (Wildman–Crippen LogP) is 2.64. The second-order valence-corrected chi connectivity index (χ2v) is 4.85. The molecule has 0 aromatic heterocycles. The van der Waals surface area contributed by atoms with E-state index in [0.717, 1.165) is 5.57 Å². The summed E-state index contributed by atoms with van der Waals surface area (Å²) < 4.78 is 10.1. The molecule has 0 heterocycles. The second-order valence-electron chi connectivity index (χ2n) is 4.85. The van der Waals surface area contributed by atoms with Crippen LogP contribution in [-0.4, -0.2) is 24.6 Å². The Labute approximate surface area is 109 Å². The van der Waals surface area contributed by atoms with Crippen LogP contribution in [0.25, 0.3) is 0 Å². The van der Waals surface area contributed by atoms with Crippen molar-refractivity contribution < 1.29 is 19.1 Å². The third-order valence-electron chi connectivity index (χ3n) is 2.49. The summed E-state index contributed by atoms with van der Waals surface area (Å²) in [5, 5.41) is 0. The van der Waals surface area contributed by atoms with Gasteiger partial charge in [-0.25, -0.2) is 0 Å². The summed E-state index contributed by atoms with van der Waals surface area (Å²) in [6.45, 7) is 12.3. The lowest BCUT2D eigenvalue weighted by Crippen LogP contribution is -2.30. The summed E-state index contributed by atoms with van der Waals surface area (Å²) in [4.78, 5) is 21.8. The van der Waals surface area contributed by atoms with Crippen molar-refractivity contribution in [2.45, 2.75) is 40.7 Å². The molecule has 0 fully saturated rings. The van der Waals surface area contributed by atoms with E-state index in [1.807, 2.05) is 20.8 Å². The molecule has 0 aliphatic carbocycles. The van der Waals surface area contributed by atoms with Gasteiger partial charge in [0, 0.05) is 19.3 Å². The smallest absolute Gasteiger partial charge is 0.303 e. The van der Waals surface area contributed by atoms with Gasteiger partial charge in [-0.1, -0.05) is 19.9 Å². The van der Waals surface area contributed by atoms with Gasteiger partial charge in [-0.05, 0) is 18.6 Å². The summed E-state index contributed by atoms with van der Waals surface area (Å²) in [7, 11) is 0. The van der Waals surface area contributed by atoms with Crippen molar-refractivity contribution in [2.75, 3.05) is 6.61 Å². The fourth-order valence-corrected chi connectivity index (χ4v) is 1.22. The minimum absolute atomic E-state index is 0.195. The number of hydrogen-bond acceptors (Lipinski definition) is 4. The molecule has 102 valence electrons. The molecule has 0 bridgehead atoms. The minimum atomic E-state index is -0.428. The van der Waals surface area contributed by atoms with Crippen LogP contribution < -0.4 is 0 Å². The number of ether oxygens (including phenoxy) is 2. The highest BCUT2D eigenvalue weighted by Gasteiger charge is 2.27. The SMILES string of the molecule is C=CC(C)(C)[C@H](/C=C(\C)COC(C)=O)OC(C)=O. The standard InChI is InChI=1S/C14H22O4/c1-7-14(5,6)13(18-12(4)16)8-10(2)9-17-11(3)15/h7-8,13H,1,9H2,2-6H3/b10-8+/t13-/m0/s1. The lowest BCUT2D eigenvalue weighted by Gasteiger charge is -2.28. The molecule has 0 aliphatic heterocycles. The van der Waals surface area contributed by atoms with Crippen molar-refractivity contribution in [3.63, 3.8) is 0 Å². The van der Waals surface area contributed by atoms with Gasteiger partial charge >= 0.3 is 11.9 Å².